The summed E-state index contributed by atoms with van der Waals surface area (Å²) in [5, 5.41) is 3.28. The van der Waals surface area contributed by atoms with Crippen LogP contribution in [-0.2, 0) is 9.84 Å². The Balaban J connectivity index is 1.98. The Morgan fingerprint density at radius 3 is 2.55 bits per heavy atom. The lowest BCUT2D eigenvalue weighted by atomic mass is 10.1. The van der Waals surface area contributed by atoms with E-state index in [1.807, 2.05) is 6.92 Å². The molecule has 2 heterocycles. The van der Waals surface area contributed by atoms with Crippen LogP contribution in [0.2, 0.25) is 0 Å². The van der Waals surface area contributed by atoms with Gasteiger partial charge in [-0.15, -0.1) is 0 Å². The molecular weight excluding hydrogens is 389 g/mol. The van der Waals surface area contributed by atoms with Crippen molar-refractivity contribution in [2.45, 2.75) is 38.0 Å². The third-order valence-corrected chi connectivity index (χ3v) is 6.63. The lowest BCUT2D eigenvalue weighted by molar-refractivity contribution is 0.601. The quantitative estimate of drug-likeness (QED) is 0.776. The van der Waals surface area contributed by atoms with Gasteiger partial charge in [0.25, 0.3) is 0 Å². The normalized spacial score (nSPS) is 24.8. The highest BCUT2D eigenvalue weighted by atomic mass is 127. The second kappa shape index (κ2) is 5.40. The van der Waals surface area contributed by atoms with E-state index in [9.17, 15) is 8.42 Å². The number of nitrogens with one attached hydrogen (secondary N) is 1. The van der Waals surface area contributed by atoms with Crippen molar-refractivity contribution in [1.29, 1.82) is 0 Å². The van der Waals surface area contributed by atoms with Crippen molar-refractivity contribution in [2.24, 2.45) is 0 Å². The number of anilines is 1. The summed E-state index contributed by atoms with van der Waals surface area (Å²) in [6.07, 6.45) is 3.01. The zero-order valence-corrected chi connectivity index (χ0v) is 14.4. The van der Waals surface area contributed by atoms with Gasteiger partial charge in [0, 0.05) is 18.4 Å². The van der Waals surface area contributed by atoms with Crippen molar-refractivity contribution in [1.82, 2.24) is 9.97 Å². The third kappa shape index (κ3) is 2.93. The molecule has 7 heteroatoms. The van der Waals surface area contributed by atoms with Gasteiger partial charge in [0.05, 0.1) is 20.8 Å². The Bertz CT molecular complexity index is 629. The summed E-state index contributed by atoms with van der Waals surface area (Å²) in [7, 11) is -2.90. The number of sulfone groups is 1. The van der Waals surface area contributed by atoms with Gasteiger partial charge in [-0.3, -0.25) is 0 Å². The molecule has 1 atom stereocenters. The predicted molar refractivity (Wildman–Crippen MR) is 86.9 cm³/mol. The molecule has 0 amide bonds. The van der Waals surface area contributed by atoms with Gasteiger partial charge in [0.15, 0.2) is 9.84 Å². The van der Waals surface area contributed by atoms with Crippen LogP contribution in [0, 0.1) is 3.57 Å². The highest BCUT2D eigenvalue weighted by molar-refractivity contribution is 14.1. The van der Waals surface area contributed by atoms with Crippen LogP contribution in [0.4, 0.5) is 5.82 Å². The molecule has 1 unspecified atom stereocenters. The van der Waals surface area contributed by atoms with E-state index in [2.05, 4.69) is 32.9 Å². The van der Waals surface area contributed by atoms with Crippen LogP contribution < -0.4 is 5.32 Å². The number of hydrogen-bond acceptors (Lipinski definition) is 5. The minimum absolute atomic E-state index is 0.0353. The molecule has 1 aromatic rings. The second-order valence-electron chi connectivity index (χ2n) is 5.53. The number of hydrogen-bond donors (Lipinski definition) is 1. The Hall–Kier alpha value is -0.440. The van der Waals surface area contributed by atoms with Crippen molar-refractivity contribution in [3.05, 3.63) is 15.1 Å². The van der Waals surface area contributed by atoms with Gasteiger partial charge in [-0.1, -0.05) is 0 Å². The molecule has 0 spiro atoms. The Kier molecular flexibility index (Phi) is 3.91. The summed E-state index contributed by atoms with van der Waals surface area (Å²) in [5.74, 6) is 2.55. The van der Waals surface area contributed by atoms with E-state index >= 15 is 0 Å². The molecule has 2 fully saturated rings. The first-order valence-corrected chi connectivity index (χ1v) is 9.92. The van der Waals surface area contributed by atoms with Crippen molar-refractivity contribution < 1.29 is 8.42 Å². The Morgan fingerprint density at radius 2 is 2.00 bits per heavy atom. The highest BCUT2D eigenvalue weighted by Crippen LogP contribution is 2.43. The van der Waals surface area contributed by atoms with Gasteiger partial charge in [-0.05, 0) is 48.8 Å². The average molecular weight is 407 g/mol. The summed E-state index contributed by atoms with van der Waals surface area (Å²) >= 11 is 2.30. The standard InChI is InChI=1S/C13H18IN3O2S/c1-2-15-13-10(14)11(8-3-4-8)16-12(17-13)9-5-6-20(18,19)7-9/h8-9H,2-7H2,1H3,(H,15,16,17). The first kappa shape index (κ1) is 14.5. The van der Waals surface area contributed by atoms with E-state index in [0.717, 1.165) is 21.6 Å². The molecule has 0 radical (unpaired) electrons. The Morgan fingerprint density at radius 1 is 1.25 bits per heavy atom. The lowest BCUT2D eigenvalue weighted by Gasteiger charge is -2.14. The smallest absolute Gasteiger partial charge is 0.151 e. The SMILES string of the molecule is CCNc1nc(C2CCS(=O)(=O)C2)nc(C2CC2)c1I. The van der Waals surface area contributed by atoms with Gasteiger partial charge in [0.1, 0.15) is 11.6 Å². The molecular formula is C13H18IN3O2S. The van der Waals surface area contributed by atoms with Crippen molar-refractivity contribution >= 4 is 38.2 Å². The van der Waals surface area contributed by atoms with Crippen LogP contribution in [0.1, 0.15) is 49.5 Å². The summed E-state index contributed by atoms with van der Waals surface area (Å²) in [6, 6.07) is 0. The van der Waals surface area contributed by atoms with E-state index in [-0.39, 0.29) is 17.4 Å². The zero-order chi connectivity index (χ0) is 14.3. The second-order valence-corrected chi connectivity index (χ2v) is 8.84. The maximum absolute atomic E-state index is 11.7. The van der Waals surface area contributed by atoms with Gasteiger partial charge in [-0.2, -0.15) is 0 Å². The first-order valence-electron chi connectivity index (χ1n) is 7.02. The highest BCUT2D eigenvalue weighted by Gasteiger charge is 2.34. The fraction of sp³-hybridized carbons (Fsp3) is 0.692. The third-order valence-electron chi connectivity index (χ3n) is 3.80. The van der Waals surface area contributed by atoms with Crippen LogP contribution in [0.15, 0.2) is 0 Å². The molecule has 1 saturated heterocycles. The summed E-state index contributed by atoms with van der Waals surface area (Å²) in [5.41, 5.74) is 1.11. The van der Waals surface area contributed by atoms with Crippen LogP contribution >= 0.6 is 22.6 Å². The summed E-state index contributed by atoms with van der Waals surface area (Å²) in [4.78, 5) is 9.29. The van der Waals surface area contributed by atoms with Gasteiger partial charge in [-0.25, -0.2) is 18.4 Å². The number of rotatable bonds is 4. The number of halogens is 1. The van der Waals surface area contributed by atoms with E-state index < -0.39 is 9.84 Å². The fourth-order valence-electron chi connectivity index (χ4n) is 2.58. The predicted octanol–water partition coefficient (Wildman–Crippen LogP) is 2.29. The van der Waals surface area contributed by atoms with Crippen LogP contribution in [0.5, 0.6) is 0 Å². The number of nitrogens with zero attached hydrogens (tertiary/aromatic N) is 2. The molecule has 110 valence electrons. The van der Waals surface area contributed by atoms with E-state index in [1.54, 1.807) is 0 Å². The first-order chi connectivity index (χ1) is 9.50. The molecule has 0 bridgehead atoms. The van der Waals surface area contributed by atoms with Crippen LogP contribution in [-0.4, -0.2) is 36.4 Å². The largest absolute Gasteiger partial charge is 0.369 e. The van der Waals surface area contributed by atoms with Crippen molar-refractivity contribution in [3.8, 4) is 0 Å². The topological polar surface area (TPSA) is 72.0 Å². The molecule has 3 rings (SSSR count). The van der Waals surface area contributed by atoms with E-state index in [4.69, 9.17) is 4.98 Å². The molecule has 1 aliphatic carbocycles. The molecule has 5 nitrogen and oxygen atoms in total. The minimum Gasteiger partial charge on any atom is -0.369 e. The molecule has 1 saturated carbocycles. The summed E-state index contributed by atoms with van der Waals surface area (Å²) < 4.78 is 24.4. The van der Waals surface area contributed by atoms with Gasteiger partial charge < -0.3 is 5.32 Å². The fourth-order valence-corrected chi connectivity index (χ4v) is 5.19. The maximum atomic E-state index is 11.7. The average Bonchev–Trinajstić information content (AvgIpc) is 3.16. The van der Waals surface area contributed by atoms with Crippen LogP contribution in [0.25, 0.3) is 0 Å². The zero-order valence-electron chi connectivity index (χ0n) is 11.4. The molecule has 0 aromatic carbocycles. The molecule has 1 aliphatic heterocycles. The minimum atomic E-state index is -2.90. The van der Waals surface area contributed by atoms with Crippen molar-refractivity contribution in [3.63, 3.8) is 0 Å². The molecule has 1 aromatic heterocycles. The molecule has 1 N–H and O–H groups in total. The van der Waals surface area contributed by atoms with E-state index in [1.165, 1.54) is 12.8 Å². The molecule has 2 aliphatic rings. The molecule has 20 heavy (non-hydrogen) atoms. The summed E-state index contributed by atoms with van der Waals surface area (Å²) in [6.45, 7) is 2.84. The van der Waals surface area contributed by atoms with Crippen LogP contribution in [0.3, 0.4) is 0 Å². The van der Waals surface area contributed by atoms with E-state index in [0.29, 0.717) is 18.2 Å². The lowest BCUT2D eigenvalue weighted by Crippen LogP contribution is -2.13. The van der Waals surface area contributed by atoms with Gasteiger partial charge in [0.2, 0.25) is 0 Å². The maximum Gasteiger partial charge on any atom is 0.151 e. The van der Waals surface area contributed by atoms with Gasteiger partial charge >= 0.3 is 0 Å². The Labute approximate surface area is 133 Å². The number of aromatic nitrogens is 2. The monoisotopic (exact) mass is 407 g/mol. The van der Waals surface area contributed by atoms with Crippen molar-refractivity contribution in [2.75, 3.05) is 23.4 Å².